The van der Waals surface area contributed by atoms with Gasteiger partial charge in [0, 0.05) is 17.1 Å². The molecule has 2 aromatic rings. The third-order valence-electron chi connectivity index (χ3n) is 2.29. The van der Waals surface area contributed by atoms with Gasteiger partial charge in [-0.15, -0.1) is 11.3 Å². The van der Waals surface area contributed by atoms with Gasteiger partial charge in [0.1, 0.15) is 0 Å². The van der Waals surface area contributed by atoms with Crippen molar-refractivity contribution >= 4 is 16.5 Å². The Morgan fingerprint density at radius 1 is 1.56 bits per heavy atom. The first-order valence-corrected chi connectivity index (χ1v) is 6.46. The van der Waals surface area contributed by atoms with Crippen LogP contribution in [0.4, 0.5) is 5.13 Å². The first kappa shape index (κ1) is 12.9. The van der Waals surface area contributed by atoms with E-state index in [4.69, 9.17) is 15.6 Å². The summed E-state index contributed by atoms with van der Waals surface area (Å²) in [6.07, 6.45) is 1.23. The quantitative estimate of drug-likeness (QED) is 0.859. The molecule has 0 radical (unpaired) electrons. The zero-order valence-corrected chi connectivity index (χ0v) is 10.9. The number of aliphatic hydroxyl groups excluding tert-OH is 1. The maximum Gasteiger partial charge on any atom is 0.180 e. The Labute approximate surface area is 109 Å². The van der Waals surface area contributed by atoms with E-state index in [0.717, 1.165) is 17.0 Å². The number of thiazole rings is 1. The highest BCUT2D eigenvalue weighted by Crippen LogP contribution is 2.25. The summed E-state index contributed by atoms with van der Waals surface area (Å²) in [5.41, 5.74) is 8.14. The Kier molecular flexibility index (Phi) is 4.24. The molecule has 0 spiro atoms. The molecule has 18 heavy (non-hydrogen) atoms. The summed E-state index contributed by atoms with van der Waals surface area (Å²) in [5, 5.41) is 11.6. The Morgan fingerprint density at radius 3 is 3.06 bits per heavy atom. The molecule has 0 bridgehead atoms. The fourth-order valence-electron chi connectivity index (χ4n) is 1.52. The van der Waals surface area contributed by atoms with Crippen LogP contribution in [-0.4, -0.2) is 27.8 Å². The van der Waals surface area contributed by atoms with Gasteiger partial charge in [-0.25, -0.2) is 4.98 Å². The number of aromatic nitrogens is 2. The van der Waals surface area contributed by atoms with Crippen molar-refractivity contribution in [2.45, 2.75) is 19.6 Å². The monoisotopic (exact) mass is 265 g/mol. The van der Waals surface area contributed by atoms with Crippen molar-refractivity contribution in [2.24, 2.45) is 0 Å². The van der Waals surface area contributed by atoms with E-state index in [9.17, 15) is 0 Å². The van der Waals surface area contributed by atoms with Gasteiger partial charge in [0.05, 0.1) is 30.7 Å². The van der Waals surface area contributed by atoms with Crippen LogP contribution >= 0.6 is 11.3 Å². The number of nitrogens with zero attached hydrogens (tertiary/aromatic N) is 2. The second-order valence-electron chi connectivity index (χ2n) is 3.93. The molecular weight excluding hydrogens is 250 g/mol. The van der Waals surface area contributed by atoms with Crippen LogP contribution in [0.15, 0.2) is 23.7 Å². The fourth-order valence-corrected chi connectivity index (χ4v) is 2.09. The second kappa shape index (κ2) is 5.90. The number of nitrogens with two attached hydrogens (primary N) is 1. The molecule has 2 heterocycles. The summed E-state index contributed by atoms with van der Waals surface area (Å²) in [6.45, 7) is 2.31. The molecule has 0 aromatic carbocycles. The topological polar surface area (TPSA) is 81.3 Å². The standard InChI is InChI=1S/C12H15N3O2S/c1-8(16)5-17-6-10-9(3-2-4-14-10)11-7-18-12(13)15-11/h2-4,7-8,16H,5-6H2,1H3,(H2,13,15)/t8-/m0/s1. The predicted octanol–water partition coefficient (Wildman–Crippen LogP) is 1.68. The smallest absolute Gasteiger partial charge is 0.180 e. The van der Waals surface area contributed by atoms with Crippen molar-refractivity contribution in [3.8, 4) is 11.3 Å². The third-order valence-corrected chi connectivity index (χ3v) is 2.96. The molecule has 0 saturated heterocycles. The SMILES string of the molecule is C[C@H](O)COCc1ncccc1-c1csc(N)n1. The zero-order valence-electron chi connectivity index (χ0n) is 10.0. The number of anilines is 1. The second-order valence-corrected chi connectivity index (χ2v) is 4.82. The number of nitrogen functional groups attached to an aromatic ring is 1. The molecular formula is C12H15N3O2S. The van der Waals surface area contributed by atoms with Crippen LogP contribution in [0.2, 0.25) is 0 Å². The number of rotatable bonds is 5. The van der Waals surface area contributed by atoms with Crippen LogP contribution in [0, 0.1) is 0 Å². The Bertz CT molecular complexity index is 514. The molecule has 1 atom stereocenters. The lowest BCUT2D eigenvalue weighted by molar-refractivity contribution is 0.0365. The minimum absolute atomic E-state index is 0.287. The van der Waals surface area contributed by atoms with E-state index in [2.05, 4.69) is 9.97 Å². The maximum atomic E-state index is 9.15. The highest BCUT2D eigenvalue weighted by Gasteiger charge is 2.09. The molecule has 2 rings (SSSR count). The normalized spacial score (nSPS) is 12.6. The van der Waals surface area contributed by atoms with E-state index < -0.39 is 6.10 Å². The van der Waals surface area contributed by atoms with E-state index in [1.54, 1.807) is 13.1 Å². The number of aliphatic hydroxyl groups is 1. The molecule has 0 aliphatic heterocycles. The molecule has 2 aromatic heterocycles. The number of pyridine rings is 1. The highest BCUT2D eigenvalue weighted by atomic mass is 32.1. The van der Waals surface area contributed by atoms with Crippen LogP contribution in [0.5, 0.6) is 0 Å². The maximum absolute atomic E-state index is 9.15. The van der Waals surface area contributed by atoms with Gasteiger partial charge in [-0.05, 0) is 19.1 Å². The van der Waals surface area contributed by atoms with Crippen molar-refractivity contribution in [3.63, 3.8) is 0 Å². The Balaban J connectivity index is 2.15. The van der Waals surface area contributed by atoms with Gasteiger partial charge in [0.25, 0.3) is 0 Å². The Hall–Kier alpha value is -1.50. The minimum atomic E-state index is -0.480. The number of hydrogen-bond acceptors (Lipinski definition) is 6. The van der Waals surface area contributed by atoms with Crippen LogP contribution in [0.1, 0.15) is 12.6 Å². The van der Waals surface area contributed by atoms with Crippen molar-refractivity contribution in [2.75, 3.05) is 12.3 Å². The predicted molar refractivity (Wildman–Crippen MR) is 71.1 cm³/mol. The van der Waals surface area contributed by atoms with Crippen LogP contribution in [0.3, 0.4) is 0 Å². The molecule has 0 fully saturated rings. The number of hydrogen-bond donors (Lipinski definition) is 2. The molecule has 3 N–H and O–H groups in total. The molecule has 0 aliphatic rings. The highest BCUT2D eigenvalue weighted by molar-refractivity contribution is 7.13. The van der Waals surface area contributed by atoms with Crippen LogP contribution < -0.4 is 5.73 Å². The average Bonchev–Trinajstić information content (AvgIpc) is 2.76. The summed E-state index contributed by atoms with van der Waals surface area (Å²) in [6, 6.07) is 3.78. The fraction of sp³-hybridized carbons (Fsp3) is 0.333. The third kappa shape index (κ3) is 3.25. The lowest BCUT2D eigenvalue weighted by atomic mass is 10.1. The summed E-state index contributed by atoms with van der Waals surface area (Å²) in [7, 11) is 0. The van der Waals surface area contributed by atoms with Crippen LogP contribution in [0.25, 0.3) is 11.3 Å². The van der Waals surface area contributed by atoms with Gasteiger partial charge in [-0.2, -0.15) is 0 Å². The van der Waals surface area contributed by atoms with E-state index in [0.29, 0.717) is 11.7 Å². The molecule has 0 saturated carbocycles. The van der Waals surface area contributed by atoms with Gasteiger partial charge in [-0.3, -0.25) is 4.98 Å². The van der Waals surface area contributed by atoms with Gasteiger partial charge in [-0.1, -0.05) is 0 Å². The van der Waals surface area contributed by atoms with Gasteiger partial charge < -0.3 is 15.6 Å². The molecule has 6 heteroatoms. The van der Waals surface area contributed by atoms with Gasteiger partial charge in [0.15, 0.2) is 5.13 Å². The van der Waals surface area contributed by atoms with Crippen molar-refractivity contribution in [3.05, 3.63) is 29.4 Å². The van der Waals surface area contributed by atoms with Gasteiger partial charge >= 0.3 is 0 Å². The molecule has 5 nitrogen and oxygen atoms in total. The lowest BCUT2D eigenvalue weighted by Gasteiger charge is -2.08. The summed E-state index contributed by atoms with van der Waals surface area (Å²) in [5.74, 6) is 0. The van der Waals surface area contributed by atoms with Crippen LogP contribution in [-0.2, 0) is 11.3 Å². The summed E-state index contributed by atoms with van der Waals surface area (Å²) < 4.78 is 5.38. The summed E-state index contributed by atoms with van der Waals surface area (Å²) >= 11 is 1.39. The first-order valence-electron chi connectivity index (χ1n) is 5.58. The van der Waals surface area contributed by atoms with E-state index in [1.165, 1.54) is 11.3 Å². The largest absolute Gasteiger partial charge is 0.391 e. The van der Waals surface area contributed by atoms with Crippen molar-refractivity contribution in [1.29, 1.82) is 0 Å². The molecule has 0 unspecified atom stereocenters. The van der Waals surface area contributed by atoms with E-state index in [-0.39, 0.29) is 6.61 Å². The van der Waals surface area contributed by atoms with E-state index in [1.807, 2.05) is 17.5 Å². The van der Waals surface area contributed by atoms with Crippen molar-refractivity contribution in [1.82, 2.24) is 9.97 Å². The molecule has 0 amide bonds. The number of ether oxygens (including phenoxy) is 1. The van der Waals surface area contributed by atoms with Crippen molar-refractivity contribution < 1.29 is 9.84 Å². The zero-order chi connectivity index (χ0) is 13.0. The van der Waals surface area contributed by atoms with E-state index >= 15 is 0 Å². The summed E-state index contributed by atoms with van der Waals surface area (Å²) in [4.78, 5) is 8.51. The molecule has 0 aliphatic carbocycles. The Morgan fingerprint density at radius 2 is 2.39 bits per heavy atom. The average molecular weight is 265 g/mol. The first-order chi connectivity index (χ1) is 8.66. The van der Waals surface area contributed by atoms with Gasteiger partial charge in [0.2, 0.25) is 0 Å². The minimum Gasteiger partial charge on any atom is -0.391 e. The molecule has 96 valence electrons. The lowest BCUT2D eigenvalue weighted by Crippen LogP contribution is -2.11.